The number of anilines is 1. The van der Waals surface area contributed by atoms with E-state index < -0.39 is 11.5 Å². The van der Waals surface area contributed by atoms with Crippen LogP contribution in [0.2, 0.25) is 0 Å². The molecule has 1 saturated heterocycles. The molecule has 0 aliphatic carbocycles. The van der Waals surface area contributed by atoms with Gasteiger partial charge in [-0.15, -0.1) is 0 Å². The van der Waals surface area contributed by atoms with Gasteiger partial charge in [-0.1, -0.05) is 0 Å². The quantitative estimate of drug-likeness (QED) is 0.629. The van der Waals surface area contributed by atoms with Crippen molar-refractivity contribution in [1.82, 2.24) is 15.4 Å². The number of ether oxygens (including phenoxy) is 1. The molecule has 1 aliphatic heterocycles. The third-order valence-electron chi connectivity index (χ3n) is 3.36. The molecule has 0 unspecified atom stereocenters. The maximum Gasteiger partial charge on any atom is 0.410 e. The van der Waals surface area contributed by atoms with E-state index in [1.165, 1.54) is 0 Å². The number of carbonyl (C=O) groups excluding carboxylic acids is 2. The molecule has 2 N–H and O–H groups in total. The Balaban J connectivity index is 2.03. The van der Waals surface area contributed by atoms with Crippen LogP contribution in [-0.4, -0.2) is 58.9 Å². The first-order valence-electron chi connectivity index (χ1n) is 7.44. The van der Waals surface area contributed by atoms with Gasteiger partial charge in [0.15, 0.2) is 0 Å². The number of aromatic nitrogens is 1. The van der Waals surface area contributed by atoms with Crippen LogP contribution in [0.25, 0.3) is 0 Å². The molecule has 8 heteroatoms. The van der Waals surface area contributed by atoms with Crippen LogP contribution in [0.3, 0.4) is 0 Å². The average molecular weight is 322 g/mol. The smallest absolute Gasteiger partial charge is 0.410 e. The standard InChI is InChI=1S/C15H22N4O4/c1-15(2,3)23-14(21)19-9-7-18(8-10-19)12-11(13(20)17-22)5-4-6-16-12/h4-6,22H,7-10H2,1-3H3,(H,17,20). The van der Waals surface area contributed by atoms with Gasteiger partial charge >= 0.3 is 6.09 Å². The lowest BCUT2D eigenvalue weighted by Gasteiger charge is -2.36. The Morgan fingerprint density at radius 3 is 2.48 bits per heavy atom. The van der Waals surface area contributed by atoms with Crippen molar-refractivity contribution in [3.8, 4) is 0 Å². The van der Waals surface area contributed by atoms with Crippen LogP contribution in [-0.2, 0) is 4.74 Å². The van der Waals surface area contributed by atoms with Gasteiger partial charge < -0.3 is 14.5 Å². The molecule has 0 radical (unpaired) electrons. The normalized spacial score (nSPS) is 15.3. The summed E-state index contributed by atoms with van der Waals surface area (Å²) in [6.45, 7) is 7.50. The van der Waals surface area contributed by atoms with Gasteiger partial charge in [-0.25, -0.2) is 15.3 Å². The second-order valence-electron chi connectivity index (χ2n) is 6.27. The highest BCUT2D eigenvalue weighted by Gasteiger charge is 2.27. The molecule has 1 fully saturated rings. The van der Waals surface area contributed by atoms with E-state index in [0.29, 0.717) is 37.6 Å². The molecular formula is C15H22N4O4. The zero-order valence-electron chi connectivity index (χ0n) is 13.6. The molecule has 2 heterocycles. The first-order chi connectivity index (χ1) is 10.8. The minimum Gasteiger partial charge on any atom is -0.444 e. The summed E-state index contributed by atoms with van der Waals surface area (Å²) in [5, 5.41) is 8.82. The number of carbonyl (C=O) groups is 2. The Morgan fingerprint density at radius 2 is 1.91 bits per heavy atom. The lowest BCUT2D eigenvalue weighted by molar-refractivity contribution is 0.0240. The predicted molar refractivity (Wildman–Crippen MR) is 83.5 cm³/mol. The Labute approximate surface area is 135 Å². The molecule has 0 bridgehead atoms. The van der Waals surface area contributed by atoms with E-state index in [4.69, 9.17) is 9.94 Å². The molecule has 0 spiro atoms. The van der Waals surface area contributed by atoms with Crippen LogP contribution in [0.15, 0.2) is 18.3 Å². The molecular weight excluding hydrogens is 300 g/mol. The number of hydrogen-bond donors (Lipinski definition) is 2. The molecule has 23 heavy (non-hydrogen) atoms. The number of piperazine rings is 1. The lowest BCUT2D eigenvalue weighted by Crippen LogP contribution is -2.50. The van der Waals surface area contributed by atoms with Gasteiger partial charge in [-0.2, -0.15) is 0 Å². The Hall–Kier alpha value is -2.35. The fourth-order valence-electron chi connectivity index (χ4n) is 2.31. The van der Waals surface area contributed by atoms with Crippen molar-refractivity contribution in [3.63, 3.8) is 0 Å². The number of rotatable bonds is 2. The van der Waals surface area contributed by atoms with Crippen molar-refractivity contribution in [2.45, 2.75) is 26.4 Å². The van der Waals surface area contributed by atoms with Crippen LogP contribution >= 0.6 is 0 Å². The summed E-state index contributed by atoms with van der Waals surface area (Å²) in [5.41, 5.74) is 1.39. The van der Waals surface area contributed by atoms with Crippen molar-refractivity contribution in [2.24, 2.45) is 0 Å². The maximum absolute atomic E-state index is 12.1. The van der Waals surface area contributed by atoms with Crippen molar-refractivity contribution in [2.75, 3.05) is 31.1 Å². The molecule has 0 saturated carbocycles. The van der Waals surface area contributed by atoms with E-state index in [-0.39, 0.29) is 6.09 Å². The van der Waals surface area contributed by atoms with Crippen molar-refractivity contribution < 1.29 is 19.5 Å². The summed E-state index contributed by atoms with van der Waals surface area (Å²) in [6.07, 6.45) is 1.25. The van der Waals surface area contributed by atoms with Gasteiger partial charge in [-0.05, 0) is 32.9 Å². The number of nitrogens with zero attached hydrogens (tertiary/aromatic N) is 3. The van der Waals surface area contributed by atoms with Gasteiger partial charge in [0.05, 0.1) is 5.56 Å². The van der Waals surface area contributed by atoms with Crippen molar-refractivity contribution in [3.05, 3.63) is 23.9 Å². The van der Waals surface area contributed by atoms with E-state index in [2.05, 4.69) is 4.98 Å². The van der Waals surface area contributed by atoms with Crippen molar-refractivity contribution in [1.29, 1.82) is 0 Å². The second kappa shape index (κ2) is 6.82. The Morgan fingerprint density at radius 1 is 1.26 bits per heavy atom. The van der Waals surface area contributed by atoms with Crippen LogP contribution in [0.4, 0.5) is 10.6 Å². The second-order valence-corrected chi connectivity index (χ2v) is 6.27. The molecule has 1 aliphatic rings. The molecule has 2 rings (SSSR count). The van der Waals surface area contributed by atoms with E-state index in [1.54, 1.807) is 28.7 Å². The fourth-order valence-corrected chi connectivity index (χ4v) is 2.31. The number of amides is 2. The summed E-state index contributed by atoms with van der Waals surface area (Å²) >= 11 is 0. The third kappa shape index (κ3) is 4.32. The Kier molecular flexibility index (Phi) is 5.05. The molecule has 126 valence electrons. The number of nitrogens with one attached hydrogen (secondary N) is 1. The summed E-state index contributed by atoms with van der Waals surface area (Å²) < 4.78 is 5.35. The predicted octanol–water partition coefficient (Wildman–Crippen LogP) is 1.26. The van der Waals surface area contributed by atoms with Crippen LogP contribution < -0.4 is 10.4 Å². The fraction of sp³-hybridized carbons (Fsp3) is 0.533. The van der Waals surface area contributed by atoms with E-state index in [0.717, 1.165) is 0 Å². The summed E-state index contributed by atoms with van der Waals surface area (Å²) in [7, 11) is 0. The van der Waals surface area contributed by atoms with Crippen LogP contribution in [0.5, 0.6) is 0 Å². The topological polar surface area (TPSA) is 95.0 Å². The highest BCUT2D eigenvalue weighted by molar-refractivity contribution is 5.98. The zero-order valence-corrected chi connectivity index (χ0v) is 13.6. The van der Waals surface area contributed by atoms with E-state index >= 15 is 0 Å². The number of hydroxylamine groups is 1. The third-order valence-corrected chi connectivity index (χ3v) is 3.36. The summed E-state index contributed by atoms with van der Waals surface area (Å²) in [4.78, 5) is 31.5. The van der Waals surface area contributed by atoms with Crippen LogP contribution in [0, 0.1) is 0 Å². The lowest BCUT2D eigenvalue weighted by atomic mass is 10.2. The van der Waals surface area contributed by atoms with Crippen LogP contribution in [0.1, 0.15) is 31.1 Å². The molecule has 0 atom stereocenters. The monoisotopic (exact) mass is 322 g/mol. The van der Waals surface area contributed by atoms with Gasteiger partial charge in [0, 0.05) is 32.4 Å². The van der Waals surface area contributed by atoms with Gasteiger partial charge in [0.1, 0.15) is 11.4 Å². The zero-order chi connectivity index (χ0) is 17.0. The molecule has 2 amide bonds. The molecule has 8 nitrogen and oxygen atoms in total. The van der Waals surface area contributed by atoms with E-state index in [1.807, 2.05) is 25.7 Å². The molecule has 0 aromatic carbocycles. The number of hydrogen-bond acceptors (Lipinski definition) is 6. The van der Waals surface area contributed by atoms with Gasteiger partial charge in [0.2, 0.25) is 0 Å². The first-order valence-corrected chi connectivity index (χ1v) is 7.44. The summed E-state index contributed by atoms with van der Waals surface area (Å²) in [6, 6.07) is 3.22. The SMILES string of the molecule is CC(C)(C)OC(=O)N1CCN(c2ncccc2C(=O)NO)CC1. The van der Waals surface area contributed by atoms with Gasteiger partial charge in [0.25, 0.3) is 5.91 Å². The summed E-state index contributed by atoms with van der Waals surface area (Å²) in [5.74, 6) is -0.120. The molecule has 1 aromatic rings. The van der Waals surface area contributed by atoms with Gasteiger partial charge in [-0.3, -0.25) is 10.0 Å². The first kappa shape index (κ1) is 17.0. The highest BCUT2D eigenvalue weighted by atomic mass is 16.6. The van der Waals surface area contributed by atoms with Crippen molar-refractivity contribution >= 4 is 17.8 Å². The number of pyridine rings is 1. The Bertz CT molecular complexity index is 577. The minimum absolute atomic E-state index is 0.292. The average Bonchev–Trinajstić information content (AvgIpc) is 2.52. The van der Waals surface area contributed by atoms with E-state index in [9.17, 15) is 9.59 Å². The maximum atomic E-state index is 12.1. The highest BCUT2D eigenvalue weighted by Crippen LogP contribution is 2.20. The largest absolute Gasteiger partial charge is 0.444 e. The molecule has 1 aromatic heterocycles. The minimum atomic E-state index is -0.609.